The van der Waals surface area contributed by atoms with Crippen molar-refractivity contribution in [3.05, 3.63) is 47.5 Å². The van der Waals surface area contributed by atoms with Crippen molar-refractivity contribution in [2.24, 2.45) is 0 Å². The molecule has 1 amide bonds. The van der Waals surface area contributed by atoms with E-state index in [0.29, 0.717) is 36.6 Å². The van der Waals surface area contributed by atoms with Crippen molar-refractivity contribution in [2.75, 3.05) is 42.6 Å². The Morgan fingerprint density at radius 2 is 1.97 bits per heavy atom. The number of nitrogen functional groups attached to an aromatic ring is 1. The summed E-state index contributed by atoms with van der Waals surface area (Å²) in [5.74, 6) is -0.890. The van der Waals surface area contributed by atoms with Gasteiger partial charge in [-0.3, -0.25) is 4.79 Å². The molecule has 0 bridgehead atoms. The zero-order valence-corrected chi connectivity index (χ0v) is 18.3. The fourth-order valence-corrected chi connectivity index (χ4v) is 3.26. The van der Waals surface area contributed by atoms with E-state index in [2.05, 4.69) is 20.7 Å². The number of hydrogen-bond acceptors (Lipinski definition) is 7. The molecule has 0 spiro atoms. The maximum Gasteiger partial charge on any atom is 0.573 e. The van der Waals surface area contributed by atoms with E-state index in [9.17, 15) is 23.1 Å². The molecule has 1 heterocycles. The second-order valence-electron chi connectivity index (χ2n) is 8.28. The average molecular weight is 468 g/mol. The minimum atomic E-state index is -4.80. The number of carbonyl (C=O) groups is 1. The van der Waals surface area contributed by atoms with Gasteiger partial charge < -0.3 is 36.3 Å². The van der Waals surface area contributed by atoms with Crippen LogP contribution in [0.15, 0.2) is 36.4 Å². The van der Waals surface area contributed by atoms with E-state index < -0.39 is 29.7 Å². The molecule has 2 aromatic rings. The SMILES string of the molecule is CC(C)(O)CNc1cc(C2CNCCO2)c(C(=O)Nc2ccc(OC(F)(F)F)cc2)cc1N. The number of hydrogen-bond donors (Lipinski definition) is 5. The molecule has 1 aliphatic rings. The van der Waals surface area contributed by atoms with Gasteiger partial charge in [0.15, 0.2) is 0 Å². The predicted octanol–water partition coefficient (Wildman–Crippen LogP) is 3.26. The molecule has 0 aliphatic carbocycles. The van der Waals surface area contributed by atoms with Crippen LogP contribution in [0.2, 0.25) is 0 Å². The molecule has 3 rings (SSSR count). The van der Waals surface area contributed by atoms with Crippen LogP contribution in [0.1, 0.15) is 35.9 Å². The first-order valence-corrected chi connectivity index (χ1v) is 10.3. The number of aliphatic hydroxyl groups is 1. The van der Waals surface area contributed by atoms with Crippen LogP contribution in [0, 0.1) is 0 Å². The van der Waals surface area contributed by atoms with Crippen LogP contribution in [-0.4, -0.2) is 49.2 Å². The summed E-state index contributed by atoms with van der Waals surface area (Å²) in [5, 5.41) is 19.0. The number of amides is 1. The maximum atomic E-state index is 13.1. The predicted molar refractivity (Wildman–Crippen MR) is 118 cm³/mol. The fourth-order valence-electron chi connectivity index (χ4n) is 3.26. The Bertz CT molecular complexity index is 969. The quantitative estimate of drug-likeness (QED) is 0.396. The van der Waals surface area contributed by atoms with E-state index in [4.69, 9.17) is 10.5 Å². The van der Waals surface area contributed by atoms with Crippen molar-refractivity contribution in [1.29, 1.82) is 0 Å². The van der Waals surface area contributed by atoms with Crippen LogP contribution < -0.4 is 26.4 Å². The number of anilines is 3. The number of carbonyl (C=O) groups excluding carboxylic acids is 1. The third-order valence-corrected chi connectivity index (χ3v) is 4.80. The van der Waals surface area contributed by atoms with E-state index >= 15 is 0 Å². The molecule has 0 radical (unpaired) electrons. The number of morpholine rings is 1. The van der Waals surface area contributed by atoms with E-state index in [-0.39, 0.29) is 17.8 Å². The molecule has 0 saturated carbocycles. The van der Waals surface area contributed by atoms with Gasteiger partial charge in [0.05, 0.1) is 29.7 Å². The first kappa shape index (κ1) is 24.6. The first-order chi connectivity index (χ1) is 15.4. The number of rotatable bonds is 7. The molecule has 6 N–H and O–H groups in total. The summed E-state index contributed by atoms with van der Waals surface area (Å²) in [4.78, 5) is 13.1. The lowest BCUT2D eigenvalue weighted by Gasteiger charge is -2.27. The van der Waals surface area contributed by atoms with Gasteiger partial charge in [-0.2, -0.15) is 0 Å². The van der Waals surface area contributed by atoms with Gasteiger partial charge in [-0.25, -0.2) is 0 Å². The van der Waals surface area contributed by atoms with Gasteiger partial charge in [0.25, 0.3) is 5.91 Å². The number of ether oxygens (including phenoxy) is 2. The standard InChI is InChI=1S/C22H27F3N4O4/c1-21(2,31)12-28-18-10-15(19-11-27-7-8-32-19)16(9-17(18)26)20(30)29-13-3-5-14(6-4-13)33-22(23,24)25/h3-6,9-10,19,27-28,31H,7-8,11-12,26H2,1-2H3,(H,29,30). The molecule has 2 aromatic carbocycles. The highest BCUT2D eigenvalue weighted by molar-refractivity contribution is 6.06. The molecule has 180 valence electrons. The Kier molecular flexibility index (Phi) is 7.35. The van der Waals surface area contributed by atoms with Crippen molar-refractivity contribution < 1.29 is 32.5 Å². The highest BCUT2D eigenvalue weighted by atomic mass is 19.4. The Morgan fingerprint density at radius 3 is 2.55 bits per heavy atom. The summed E-state index contributed by atoms with van der Waals surface area (Å²) in [5.41, 5.74) is 7.16. The Balaban J connectivity index is 1.85. The minimum absolute atomic E-state index is 0.234. The van der Waals surface area contributed by atoms with Gasteiger partial charge in [-0.05, 0) is 55.8 Å². The van der Waals surface area contributed by atoms with Crippen molar-refractivity contribution in [2.45, 2.75) is 31.9 Å². The largest absolute Gasteiger partial charge is 0.573 e. The van der Waals surface area contributed by atoms with Gasteiger partial charge in [0.2, 0.25) is 0 Å². The molecule has 1 aliphatic heterocycles. The molecule has 1 atom stereocenters. The van der Waals surface area contributed by atoms with Gasteiger partial charge in [-0.1, -0.05) is 0 Å². The van der Waals surface area contributed by atoms with Crippen molar-refractivity contribution in [1.82, 2.24) is 5.32 Å². The summed E-state index contributed by atoms with van der Waals surface area (Å²) in [6.07, 6.45) is -5.21. The maximum absolute atomic E-state index is 13.1. The van der Waals surface area contributed by atoms with E-state index in [1.807, 2.05) is 0 Å². The second kappa shape index (κ2) is 9.86. The zero-order valence-electron chi connectivity index (χ0n) is 18.3. The number of nitrogens with two attached hydrogens (primary N) is 1. The third kappa shape index (κ3) is 7.24. The van der Waals surface area contributed by atoms with Crippen LogP contribution in [0.25, 0.3) is 0 Å². The number of halogens is 3. The molecule has 33 heavy (non-hydrogen) atoms. The van der Waals surface area contributed by atoms with E-state index in [1.54, 1.807) is 19.9 Å². The molecule has 1 saturated heterocycles. The van der Waals surface area contributed by atoms with E-state index in [1.165, 1.54) is 18.2 Å². The Labute approximate surface area is 189 Å². The first-order valence-electron chi connectivity index (χ1n) is 10.3. The molecular formula is C22H27F3N4O4. The van der Waals surface area contributed by atoms with Crippen LogP contribution in [0.4, 0.5) is 30.2 Å². The normalized spacial score (nSPS) is 16.8. The number of nitrogens with one attached hydrogen (secondary N) is 3. The summed E-state index contributed by atoms with van der Waals surface area (Å²) in [7, 11) is 0. The van der Waals surface area contributed by atoms with Crippen molar-refractivity contribution >= 4 is 23.0 Å². The molecule has 8 nitrogen and oxygen atoms in total. The Hall–Kier alpha value is -3.02. The highest BCUT2D eigenvalue weighted by Gasteiger charge is 2.31. The number of benzene rings is 2. The van der Waals surface area contributed by atoms with Crippen LogP contribution in [-0.2, 0) is 4.74 Å². The fraction of sp³-hybridized carbons (Fsp3) is 0.409. The summed E-state index contributed by atoms with van der Waals surface area (Å²) >= 11 is 0. The van der Waals surface area contributed by atoms with Crippen LogP contribution in [0.5, 0.6) is 5.75 Å². The van der Waals surface area contributed by atoms with Crippen molar-refractivity contribution in [3.63, 3.8) is 0 Å². The van der Waals surface area contributed by atoms with Crippen molar-refractivity contribution in [3.8, 4) is 5.75 Å². The molecule has 11 heteroatoms. The summed E-state index contributed by atoms with van der Waals surface area (Å²) in [6, 6.07) is 8.05. The highest BCUT2D eigenvalue weighted by Crippen LogP contribution is 2.32. The molecule has 1 fully saturated rings. The topological polar surface area (TPSA) is 118 Å². The second-order valence-corrected chi connectivity index (χ2v) is 8.28. The van der Waals surface area contributed by atoms with Gasteiger partial charge in [0, 0.05) is 30.9 Å². The smallest absolute Gasteiger partial charge is 0.406 e. The van der Waals surface area contributed by atoms with Crippen LogP contribution >= 0.6 is 0 Å². The number of alkyl halides is 3. The third-order valence-electron chi connectivity index (χ3n) is 4.80. The van der Waals surface area contributed by atoms with E-state index in [0.717, 1.165) is 12.1 Å². The minimum Gasteiger partial charge on any atom is -0.406 e. The molecule has 0 aromatic heterocycles. The Morgan fingerprint density at radius 1 is 1.27 bits per heavy atom. The summed E-state index contributed by atoms with van der Waals surface area (Å²) < 4.78 is 46.7. The average Bonchev–Trinajstić information content (AvgIpc) is 2.73. The van der Waals surface area contributed by atoms with Crippen LogP contribution in [0.3, 0.4) is 0 Å². The van der Waals surface area contributed by atoms with Gasteiger partial charge in [0.1, 0.15) is 5.75 Å². The lowest BCUT2D eigenvalue weighted by Crippen LogP contribution is -2.34. The zero-order chi connectivity index (χ0) is 24.2. The summed E-state index contributed by atoms with van der Waals surface area (Å²) in [6.45, 7) is 5.17. The lowest BCUT2D eigenvalue weighted by atomic mass is 9.98. The van der Waals surface area contributed by atoms with Gasteiger partial charge >= 0.3 is 6.36 Å². The lowest BCUT2D eigenvalue weighted by molar-refractivity contribution is -0.274. The molecular weight excluding hydrogens is 441 g/mol. The monoisotopic (exact) mass is 468 g/mol. The van der Waals surface area contributed by atoms with Gasteiger partial charge in [-0.15, -0.1) is 13.2 Å². The molecule has 1 unspecified atom stereocenters.